The first-order chi connectivity index (χ1) is 9.48. The number of rotatable bonds is 3. The van der Waals surface area contributed by atoms with E-state index >= 15 is 0 Å². The van der Waals surface area contributed by atoms with Gasteiger partial charge in [0.15, 0.2) is 0 Å². The zero-order valence-electron chi connectivity index (χ0n) is 11.6. The minimum atomic E-state index is -0.283. The van der Waals surface area contributed by atoms with Gasteiger partial charge in [-0.2, -0.15) is 0 Å². The van der Waals surface area contributed by atoms with E-state index in [-0.39, 0.29) is 11.4 Å². The Labute approximate surface area is 133 Å². The molecule has 1 saturated carbocycles. The van der Waals surface area contributed by atoms with Crippen molar-refractivity contribution in [3.05, 3.63) is 33.3 Å². The molecule has 0 bridgehead atoms. The second-order valence-electron chi connectivity index (χ2n) is 5.59. The smallest absolute Gasteiger partial charge is 0.252 e. The fourth-order valence-corrected chi connectivity index (χ4v) is 3.78. The number of amides is 1. The van der Waals surface area contributed by atoms with Gasteiger partial charge in [0.2, 0.25) is 0 Å². The van der Waals surface area contributed by atoms with Crippen molar-refractivity contribution in [3.63, 3.8) is 0 Å². The number of nitrogens with one attached hydrogen (secondary N) is 1. The Morgan fingerprint density at radius 3 is 2.90 bits per heavy atom. The molecule has 0 aromatic heterocycles. The van der Waals surface area contributed by atoms with Crippen LogP contribution >= 0.6 is 27.5 Å². The molecule has 0 heterocycles. The summed E-state index contributed by atoms with van der Waals surface area (Å²) in [6.45, 7) is 2.65. The molecule has 3 N–H and O–H groups in total. The van der Waals surface area contributed by atoms with Crippen molar-refractivity contribution in [1.82, 2.24) is 5.32 Å². The molecule has 2 atom stereocenters. The zero-order valence-corrected chi connectivity index (χ0v) is 13.9. The third-order valence-electron chi connectivity index (χ3n) is 4.36. The highest BCUT2D eigenvalue weighted by atomic mass is 79.9. The average Bonchev–Trinajstić information content (AvgIpc) is 2.41. The van der Waals surface area contributed by atoms with Crippen LogP contribution in [0, 0.1) is 5.92 Å². The Morgan fingerprint density at radius 2 is 2.30 bits per heavy atom. The SMILES string of the molecule is CC1CCCCC1(CN)NC(=O)c1ccc(Cl)cc1Br. The van der Waals surface area contributed by atoms with E-state index in [0.717, 1.165) is 19.3 Å². The molecule has 3 nitrogen and oxygen atoms in total. The van der Waals surface area contributed by atoms with Gasteiger partial charge < -0.3 is 11.1 Å². The molecule has 0 radical (unpaired) electrons. The highest BCUT2D eigenvalue weighted by Crippen LogP contribution is 2.33. The molecule has 0 spiro atoms. The maximum atomic E-state index is 12.5. The van der Waals surface area contributed by atoms with Crippen molar-refractivity contribution < 1.29 is 4.79 Å². The summed E-state index contributed by atoms with van der Waals surface area (Å²) in [5.74, 6) is 0.309. The third-order valence-corrected chi connectivity index (χ3v) is 5.25. The Morgan fingerprint density at radius 1 is 1.55 bits per heavy atom. The maximum absolute atomic E-state index is 12.5. The molecule has 2 unspecified atom stereocenters. The lowest BCUT2D eigenvalue weighted by Crippen LogP contribution is -2.59. The van der Waals surface area contributed by atoms with Crippen LogP contribution in [0.2, 0.25) is 5.02 Å². The first-order valence-corrected chi connectivity index (χ1v) is 8.13. The lowest BCUT2D eigenvalue weighted by atomic mass is 9.73. The van der Waals surface area contributed by atoms with Gasteiger partial charge in [0.1, 0.15) is 0 Å². The van der Waals surface area contributed by atoms with Gasteiger partial charge in [-0.1, -0.05) is 31.4 Å². The summed E-state index contributed by atoms with van der Waals surface area (Å²) >= 11 is 9.30. The van der Waals surface area contributed by atoms with Crippen LogP contribution in [0.25, 0.3) is 0 Å². The molecule has 0 aliphatic heterocycles. The van der Waals surface area contributed by atoms with Crippen LogP contribution in [-0.4, -0.2) is 18.0 Å². The summed E-state index contributed by atoms with van der Waals surface area (Å²) in [5, 5.41) is 3.78. The minimum Gasteiger partial charge on any atom is -0.345 e. The first kappa shape index (κ1) is 15.8. The van der Waals surface area contributed by atoms with E-state index < -0.39 is 0 Å². The number of halogens is 2. The van der Waals surface area contributed by atoms with E-state index in [9.17, 15) is 4.79 Å². The summed E-state index contributed by atoms with van der Waals surface area (Å²) in [6.07, 6.45) is 4.38. The summed E-state index contributed by atoms with van der Waals surface area (Å²) < 4.78 is 0.707. The first-order valence-electron chi connectivity index (χ1n) is 6.96. The van der Waals surface area contributed by atoms with E-state index in [1.165, 1.54) is 6.42 Å². The highest BCUT2D eigenvalue weighted by Gasteiger charge is 2.38. The van der Waals surface area contributed by atoms with Crippen LogP contribution in [0.5, 0.6) is 0 Å². The van der Waals surface area contributed by atoms with Crippen LogP contribution in [-0.2, 0) is 0 Å². The van der Waals surface area contributed by atoms with Gasteiger partial charge in [-0.05, 0) is 52.9 Å². The minimum absolute atomic E-state index is 0.0901. The fourth-order valence-electron chi connectivity index (χ4n) is 2.92. The van der Waals surface area contributed by atoms with Gasteiger partial charge in [-0.25, -0.2) is 0 Å². The van der Waals surface area contributed by atoms with Crippen LogP contribution in [0.1, 0.15) is 43.0 Å². The molecular formula is C15H20BrClN2O. The molecule has 1 amide bonds. The molecule has 0 saturated heterocycles. The van der Waals surface area contributed by atoms with E-state index in [2.05, 4.69) is 28.2 Å². The number of carbonyl (C=O) groups excluding carboxylic acids is 1. The van der Waals surface area contributed by atoms with E-state index in [0.29, 0.717) is 27.5 Å². The molecule has 20 heavy (non-hydrogen) atoms. The number of hydrogen-bond acceptors (Lipinski definition) is 2. The fraction of sp³-hybridized carbons (Fsp3) is 0.533. The Hall–Kier alpha value is -0.580. The quantitative estimate of drug-likeness (QED) is 0.864. The molecule has 1 aromatic carbocycles. The van der Waals surface area contributed by atoms with Crippen molar-refractivity contribution in [2.75, 3.05) is 6.54 Å². The standard InChI is InChI=1S/C15H20BrClN2O/c1-10-4-2-3-7-15(10,9-18)19-14(20)12-6-5-11(17)8-13(12)16/h5-6,8,10H,2-4,7,9,18H2,1H3,(H,19,20). The summed E-state index contributed by atoms with van der Waals surface area (Å²) in [7, 11) is 0. The predicted octanol–water partition coefficient (Wildman–Crippen LogP) is 3.74. The Balaban J connectivity index is 2.20. The number of benzene rings is 1. The van der Waals surface area contributed by atoms with E-state index in [4.69, 9.17) is 17.3 Å². The summed E-state index contributed by atoms with van der Waals surface area (Å²) in [4.78, 5) is 12.5. The van der Waals surface area contributed by atoms with Crippen molar-refractivity contribution in [2.45, 2.75) is 38.1 Å². The highest BCUT2D eigenvalue weighted by molar-refractivity contribution is 9.10. The molecule has 5 heteroatoms. The van der Waals surface area contributed by atoms with Crippen molar-refractivity contribution in [2.24, 2.45) is 11.7 Å². The monoisotopic (exact) mass is 358 g/mol. The molecule has 1 fully saturated rings. The van der Waals surface area contributed by atoms with Crippen LogP contribution < -0.4 is 11.1 Å². The largest absolute Gasteiger partial charge is 0.345 e. The topological polar surface area (TPSA) is 55.1 Å². The lowest BCUT2D eigenvalue weighted by Gasteiger charge is -2.42. The van der Waals surface area contributed by atoms with E-state index in [1.807, 2.05) is 0 Å². The number of nitrogens with two attached hydrogens (primary N) is 1. The second-order valence-corrected chi connectivity index (χ2v) is 6.88. The zero-order chi connectivity index (χ0) is 14.8. The molecule has 110 valence electrons. The second kappa shape index (κ2) is 6.46. The van der Waals surface area contributed by atoms with Gasteiger partial charge in [0.05, 0.1) is 11.1 Å². The third kappa shape index (κ3) is 3.18. The number of hydrogen-bond donors (Lipinski definition) is 2. The van der Waals surface area contributed by atoms with Crippen molar-refractivity contribution in [1.29, 1.82) is 0 Å². The maximum Gasteiger partial charge on any atom is 0.252 e. The molecule has 1 aliphatic rings. The van der Waals surface area contributed by atoms with Gasteiger partial charge in [-0.3, -0.25) is 4.79 Å². The van der Waals surface area contributed by atoms with Gasteiger partial charge in [-0.15, -0.1) is 0 Å². The normalized spacial score (nSPS) is 26.3. The van der Waals surface area contributed by atoms with Crippen LogP contribution in [0.15, 0.2) is 22.7 Å². The predicted molar refractivity (Wildman–Crippen MR) is 86.0 cm³/mol. The summed E-state index contributed by atoms with van der Waals surface area (Å²) in [5.41, 5.74) is 6.28. The Kier molecular flexibility index (Phi) is 5.10. The van der Waals surface area contributed by atoms with Crippen molar-refractivity contribution >= 4 is 33.4 Å². The average molecular weight is 360 g/mol. The molecular weight excluding hydrogens is 340 g/mol. The van der Waals surface area contributed by atoms with E-state index in [1.54, 1.807) is 18.2 Å². The van der Waals surface area contributed by atoms with Crippen molar-refractivity contribution in [3.8, 4) is 0 Å². The molecule has 2 rings (SSSR count). The van der Waals surface area contributed by atoms with Gasteiger partial charge >= 0.3 is 0 Å². The van der Waals surface area contributed by atoms with Gasteiger partial charge in [0, 0.05) is 16.0 Å². The van der Waals surface area contributed by atoms with Crippen LogP contribution in [0.4, 0.5) is 0 Å². The van der Waals surface area contributed by atoms with Gasteiger partial charge in [0.25, 0.3) is 5.91 Å². The summed E-state index contributed by atoms with van der Waals surface area (Å²) in [6, 6.07) is 5.19. The lowest BCUT2D eigenvalue weighted by molar-refractivity contribution is 0.0812. The van der Waals surface area contributed by atoms with Crippen LogP contribution in [0.3, 0.4) is 0 Å². The molecule has 1 aromatic rings. The Bertz CT molecular complexity index is 509. The number of carbonyl (C=O) groups is 1. The molecule has 1 aliphatic carbocycles.